The summed E-state index contributed by atoms with van der Waals surface area (Å²) in [6.45, 7) is 10.4. The number of ether oxygens (including phenoxy) is 1. The van der Waals surface area contributed by atoms with E-state index < -0.39 is 5.60 Å². The van der Waals surface area contributed by atoms with Crippen molar-refractivity contribution in [3.05, 3.63) is 0 Å². The van der Waals surface area contributed by atoms with E-state index in [4.69, 9.17) is 4.74 Å². The predicted octanol–water partition coefficient (Wildman–Crippen LogP) is 1.97. The van der Waals surface area contributed by atoms with Gasteiger partial charge >= 0.3 is 0 Å². The van der Waals surface area contributed by atoms with Crippen LogP contribution in [0.15, 0.2) is 4.99 Å². The highest BCUT2D eigenvalue weighted by molar-refractivity contribution is 14.0. The van der Waals surface area contributed by atoms with Crippen molar-refractivity contribution in [1.29, 1.82) is 0 Å². The van der Waals surface area contributed by atoms with Gasteiger partial charge in [0.25, 0.3) is 0 Å². The molecule has 0 bridgehead atoms. The molecule has 6 nitrogen and oxygen atoms in total. The summed E-state index contributed by atoms with van der Waals surface area (Å²) < 4.78 is 5.33. The van der Waals surface area contributed by atoms with E-state index >= 15 is 0 Å². The second kappa shape index (κ2) is 12.3. The van der Waals surface area contributed by atoms with Crippen molar-refractivity contribution in [3.63, 3.8) is 0 Å². The van der Waals surface area contributed by atoms with E-state index in [2.05, 4.69) is 34.4 Å². The van der Waals surface area contributed by atoms with Gasteiger partial charge in [-0.15, -0.1) is 24.0 Å². The second-order valence-electron chi connectivity index (χ2n) is 7.15. The van der Waals surface area contributed by atoms with Gasteiger partial charge in [0.1, 0.15) is 0 Å². The molecular weight excluding hydrogens is 431 g/mol. The molecule has 2 rings (SSSR count). The summed E-state index contributed by atoms with van der Waals surface area (Å²) in [6, 6.07) is 0.477. The Morgan fingerprint density at radius 3 is 2.52 bits per heavy atom. The van der Waals surface area contributed by atoms with Gasteiger partial charge in [-0.1, -0.05) is 13.3 Å². The number of hydrogen-bond donors (Lipinski definition) is 3. The summed E-state index contributed by atoms with van der Waals surface area (Å²) in [5, 5.41) is 17.4. The first kappa shape index (κ1) is 22.9. The highest BCUT2D eigenvalue weighted by Crippen LogP contribution is 2.20. The van der Waals surface area contributed by atoms with E-state index in [9.17, 15) is 5.11 Å². The number of nitrogens with one attached hydrogen (secondary N) is 2. The van der Waals surface area contributed by atoms with Gasteiger partial charge in [-0.05, 0) is 32.7 Å². The lowest BCUT2D eigenvalue weighted by molar-refractivity contribution is -0.0566. The lowest BCUT2D eigenvalue weighted by Crippen LogP contribution is -2.49. The first-order valence-electron chi connectivity index (χ1n) is 9.72. The van der Waals surface area contributed by atoms with Gasteiger partial charge in [0.2, 0.25) is 0 Å². The fourth-order valence-corrected chi connectivity index (χ4v) is 3.33. The maximum Gasteiger partial charge on any atom is 0.191 e. The Labute approximate surface area is 170 Å². The molecule has 0 saturated carbocycles. The monoisotopic (exact) mass is 468 g/mol. The van der Waals surface area contributed by atoms with Gasteiger partial charge in [0.15, 0.2) is 5.96 Å². The predicted molar refractivity (Wildman–Crippen MR) is 114 cm³/mol. The van der Waals surface area contributed by atoms with Crippen LogP contribution in [-0.2, 0) is 4.74 Å². The number of hydrogen-bond acceptors (Lipinski definition) is 4. The van der Waals surface area contributed by atoms with Crippen molar-refractivity contribution in [2.24, 2.45) is 4.99 Å². The number of unbranched alkanes of at least 4 members (excludes halogenated alkanes) is 1. The van der Waals surface area contributed by atoms with Gasteiger partial charge in [-0.2, -0.15) is 0 Å². The number of guanidine groups is 1. The largest absolute Gasteiger partial charge is 0.388 e. The molecule has 0 aromatic carbocycles. The molecule has 2 aliphatic heterocycles. The highest BCUT2D eigenvalue weighted by atomic mass is 127. The fourth-order valence-electron chi connectivity index (χ4n) is 3.33. The van der Waals surface area contributed by atoms with Crippen molar-refractivity contribution >= 4 is 29.9 Å². The van der Waals surface area contributed by atoms with E-state index in [0.717, 1.165) is 25.3 Å². The molecule has 0 aliphatic carbocycles. The topological polar surface area (TPSA) is 69.1 Å². The van der Waals surface area contributed by atoms with Gasteiger partial charge in [0.05, 0.1) is 12.1 Å². The van der Waals surface area contributed by atoms with Crippen molar-refractivity contribution in [1.82, 2.24) is 15.5 Å². The number of aliphatic hydroxyl groups is 1. The number of rotatable bonds is 7. The average molecular weight is 468 g/mol. The summed E-state index contributed by atoms with van der Waals surface area (Å²) in [5.74, 6) is 0.837. The first-order chi connectivity index (χ1) is 11.6. The van der Waals surface area contributed by atoms with Crippen LogP contribution in [0, 0.1) is 0 Å². The molecule has 2 fully saturated rings. The molecule has 0 aromatic heterocycles. The summed E-state index contributed by atoms with van der Waals surface area (Å²) in [7, 11) is 0. The van der Waals surface area contributed by atoms with E-state index in [1.807, 2.05) is 0 Å². The number of likely N-dealkylation sites (tertiary alicyclic amines) is 1. The second-order valence-corrected chi connectivity index (χ2v) is 7.15. The van der Waals surface area contributed by atoms with Crippen LogP contribution in [0.4, 0.5) is 0 Å². The first-order valence-corrected chi connectivity index (χ1v) is 9.72. The van der Waals surface area contributed by atoms with E-state index in [0.29, 0.717) is 38.6 Å². The Balaban J connectivity index is 0.00000312. The summed E-state index contributed by atoms with van der Waals surface area (Å²) >= 11 is 0. The molecule has 0 radical (unpaired) electrons. The molecule has 7 heteroatoms. The number of piperidine rings is 1. The average Bonchev–Trinajstić information content (AvgIpc) is 2.60. The third-order valence-corrected chi connectivity index (χ3v) is 5.06. The molecule has 2 saturated heterocycles. The SMILES string of the molecule is CCCCN1CCC(NC(=NCC2(O)CCOCC2)NCC)CC1.I. The molecule has 0 unspecified atom stereocenters. The molecule has 0 amide bonds. The molecule has 0 aromatic rings. The molecular formula is C18H37IN4O2. The van der Waals surface area contributed by atoms with E-state index in [-0.39, 0.29) is 24.0 Å². The molecule has 2 heterocycles. The maximum atomic E-state index is 10.6. The third-order valence-electron chi connectivity index (χ3n) is 5.06. The molecule has 0 spiro atoms. The van der Waals surface area contributed by atoms with Crippen LogP contribution in [0.1, 0.15) is 52.4 Å². The van der Waals surface area contributed by atoms with Crippen molar-refractivity contribution < 1.29 is 9.84 Å². The van der Waals surface area contributed by atoms with E-state index in [1.54, 1.807) is 0 Å². The van der Waals surface area contributed by atoms with Crippen LogP contribution in [0.2, 0.25) is 0 Å². The Hall–Kier alpha value is -0.120. The minimum Gasteiger partial charge on any atom is -0.388 e. The fraction of sp³-hybridized carbons (Fsp3) is 0.944. The molecule has 148 valence electrons. The molecule has 2 aliphatic rings. The van der Waals surface area contributed by atoms with Crippen molar-refractivity contribution in [2.45, 2.75) is 64.0 Å². The summed E-state index contributed by atoms with van der Waals surface area (Å²) in [6.07, 6.45) is 6.23. The van der Waals surface area contributed by atoms with Crippen LogP contribution >= 0.6 is 24.0 Å². The van der Waals surface area contributed by atoms with Gasteiger partial charge in [-0.25, -0.2) is 0 Å². The highest BCUT2D eigenvalue weighted by Gasteiger charge is 2.29. The minimum atomic E-state index is -0.704. The quantitative estimate of drug-likeness (QED) is 0.303. The zero-order chi connectivity index (χ0) is 17.3. The van der Waals surface area contributed by atoms with Gasteiger partial charge in [0, 0.05) is 51.7 Å². The van der Waals surface area contributed by atoms with Crippen LogP contribution < -0.4 is 10.6 Å². The standard InChI is InChI=1S/C18H36N4O2.HI/c1-3-5-10-22-11-6-16(7-12-22)21-17(19-4-2)20-15-18(23)8-13-24-14-9-18;/h16,23H,3-15H2,1-2H3,(H2,19,20,21);1H. The lowest BCUT2D eigenvalue weighted by Gasteiger charge is -2.33. The molecule has 0 atom stereocenters. The Morgan fingerprint density at radius 2 is 1.92 bits per heavy atom. The number of nitrogens with zero attached hydrogens (tertiary/aromatic N) is 2. The van der Waals surface area contributed by atoms with Crippen molar-refractivity contribution in [3.8, 4) is 0 Å². The minimum absolute atomic E-state index is 0. The van der Waals surface area contributed by atoms with Crippen LogP contribution in [0.25, 0.3) is 0 Å². The zero-order valence-corrected chi connectivity index (χ0v) is 18.3. The van der Waals surface area contributed by atoms with Crippen LogP contribution in [-0.4, -0.2) is 73.5 Å². The molecule has 3 N–H and O–H groups in total. The normalized spacial score (nSPS) is 22.3. The van der Waals surface area contributed by atoms with Crippen LogP contribution in [0.3, 0.4) is 0 Å². The molecule has 25 heavy (non-hydrogen) atoms. The lowest BCUT2D eigenvalue weighted by atomic mass is 9.95. The maximum absolute atomic E-state index is 10.6. The van der Waals surface area contributed by atoms with Gasteiger partial charge < -0.3 is 25.4 Å². The summed E-state index contributed by atoms with van der Waals surface area (Å²) in [4.78, 5) is 7.21. The zero-order valence-electron chi connectivity index (χ0n) is 15.9. The Bertz CT molecular complexity index is 381. The number of halogens is 1. The van der Waals surface area contributed by atoms with Crippen molar-refractivity contribution in [2.75, 3.05) is 45.9 Å². The third kappa shape index (κ3) is 8.41. The smallest absolute Gasteiger partial charge is 0.191 e. The Morgan fingerprint density at radius 1 is 1.24 bits per heavy atom. The summed E-state index contributed by atoms with van der Waals surface area (Å²) in [5.41, 5.74) is -0.704. The number of aliphatic imine (C=N–C) groups is 1. The van der Waals surface area contributed by atoms with E-state index in [1.165, 1.54) is 32.5 Å². The van der Waals surface area contributed by atoms with Crippen LogP contribution in [0.5, 0.6) is 0 Å². The van der Waals surface area contributed by atoms with Gasteiger partial charge in [-0.3, -0.25) is 4.99 Å². The Kier molecular flexibility index (Phi) is 11.3.